The Bertz CT molecular complexity index is 359. The molecule has 0 aromatic carbocycles. The molecule has 0 atom stereocenters. The fourth-order valence-electron chi connectivity index (χ4n) is 0.742. The van der Waals surface area contributed by atoms with Crippen molar-refractivity contribution in [2.45, 2.75) is 12.4 Å². The average Bonchev–Trinajstić information content (AvgIpc) is 2.17. The highest BCUT2D eigenvalue weighted by atomic mass is 32.2. The van der Waals surface area contributed by atoms with Crippen LogP contribution in [0.25, 0.3) is 0 Å². The van der Waals surface area contributed by atoms with Crippen LogP contribution in [0.5, 0.6) is 0 Å². The van der Waals surface area contributed by atoms with Crippen LogP contribution in [0.3, 0.4) is 0 Å². The Hall–Kier alpha value is -1.02. The van der Waals surface area contributed by atoms with Crippen LogP contribution in [0, 0.1) is 0 Å². The largest absolute Gasteiger partial charge is 0.522 e. The maximum Gasteiger partial charge on any atom is 0.522 e. The Labute approximate surface area is 91.8 Å². The van der Waals surface area contributed by atoms with Crippen molar-refractivity contribution in [3.05, 3.63) is 24.4 Å². The van der Waals surface area contributed by atoms with Crippen LogP contribution in [0.15, 0.2) is 24.4 Å². The molecule has 1 heterocycles. The smallest absolute Gasteiger partial charge is 0.374 e. The van der Waals surface area contributed by atoms with Gasteiger partial charge in [-0.05, 0) is 19.2 Å². The van der Waals surface area contributed by atoms with Crippen molar-refractivity contribution in [2.75, 3.05) is 13.1 Å². The zero-order valence-corrected chi connectivity index (χ0v) is 9.29. The van der Waals surface area contributed by atoms with Gasteiger partial charge >= 0.3 is 15.6 Å². The van der Waals surface area contributed by atoms with E-state index in [1.54, 1.807) is 0 Å². The summed E-state index contributed by atoms with van der Waals surface area (Å²) in [6.45, 7) is 4.34. The van der Waals surface area contributed by atoms with Crippen molar-refractivity contribution in [1.82, 2.24) is 4.90 Å². The second-order valence-electron chi connectivity index (χ2n) is 2.78. The van der Waals surface area contributed by atoms with E-state index in [0.717, 1.165) is 13.1 Å². The molecule has 0 amide bonds. The van der Waals surface area contributed by atoms with Crippen LogP contribution >= 0.6 is 0 Å². The molecule has 0 fully saturated rings. The van der Waals surface area contributed by atoms with Crippen LogP contribution in [0.4, 0.5) is 13.2 Å². The van der Waals surface area contributed by atoms with Crippen molar-refractivity contribution in [1.29, 1.82) is 0 Å². The zero-order chi connectivity index (χ0) is 12.8. The third-order valence-corrected chi connectivity index (χ3v) is 2.17. The van der Waals surface area contributed by atoms with Crippen molar-refractivity contribution in [2.24, 2.45) is 0 Å². The van der Waals surface area contributed by atoms with E-state index in [1.165, 1.54) is 0 Å². The summed E-state index contributed by atoms with van der Waals surface area (Å²) < 4.78 is 57.5. The van der Waals surface area contributed by atoms with Crippen LogP contribution in [-0.4, -0.2) is 36.5 Å². The Morgan fingerprint density at radius 3 is 2.06 bits per heavy atom. The molecule has 0 saturated carbocycles. The predicted octanol–water partition coefficient (Wildman–Crippen LogP) is 1.79. The molecular weight excluding hydrogens is 247 g/mol. The molecule has 94 valence electrons. The summed E-state index contributed by atoms with van der Waals surface area (Å²) in [7, 11) is -5.84. The summed E-state index contributed by atoms with van der Waals surface area (Å²) in [6.07, 6.45) is 8.41. The number of allylic oxidation sites excluding steroid dienone is 2. The van der Waals surface area contributed by atoms with Crippen molar-refractivity contribution < 1.29 is 26.1 Å². The first-order valence-electron chi connectivity index (χ1n) is 4.29. The minimum absolute atomic E-state index is 1.08. The topological polar surface area (TPSA) is 57.6 Å². The lowest BCUT2D eigenvalue weighted by atomic mass is 10.3. The molecule has 0 saturated heterocycles. The Morgan fingerprint density at radius 1 is 1.38 bits per heavy atom. The van der Waals surface area contributed by atoms with E-state index in [2.05, 4.69) is 36.3 Å². The van der Waals surface area contributed by atoms with Crippen LogP contribution in [0.2, 0.25) is 0 Å². The van der Waals surface area contributed by atoms with E-state index in [-0.39, 0.29) is 0 Å². The van der Waals surface area contributed by atoms with Gasteiger partial charge in [0.05, 0.1) is 0 Å². The maximum absolute atomic E-state index is 10.7. The molecule has 0 aromatic rings. The van der Waals surface area contributed by atoms with E-state index in [0.29, 0.717) is 0 Å². The molecule has 1 rings (SSSR count). The van der Waals surface area contributed by atoms with Crippen molar-refractivity contribution in [3.8, 4) is 0 Å². The maximum atomic E-state index is 10.7. The first kappa shape index (κ1) is 15.0. The average molecular weight is 259 g/mol. The van der Waals surface area contributed by atoms with Gasteiger partial charge in [0, 0.05) is 13.1 Å². The van der Waals surface area contributed by atoms with Crippen LogP contribution in [0.1, 0.15) is 6.92 Å². The van der Waals surface area contributed by atoms with Gasteiger partial charge in [-0.15, -0.1) is 0 Å². The first-order chi connectivity index (χ1) is 7.18. The quantitative estimate of drug-likeness (QED) is 0.576. The molecule has 0 spiro atoms. The van der Waals surface area contributed by atoms with Crippen LogP contribution < -0.4 is 0 Å². The Morgan fingerprint density at radius 2 is 1.88 bits per heavy atom. The highest BCUT2D eigenvalue weighted by molar-refractivity contribution is 7.86. The molecular formula is C8H12F3NO3S. The van der Waals surface area contributed by atoms with Gasteiger partial charge in [0.25, 0.3) is 0 Å². The second kappa shape index (κ2) is 5.90. The molecule has 1 N–H and O–H groups in total. The van der Waals surface area contributed by atoms with Gasteiger partial charge in [0.2, 0.25) is 0 Å². The zero-order valence-electron chi connectivity index (χ0n) is 8.48. The Balaban J connectivity index is 0.000000281. The molecule has 1 aliphatic rings. The van der Waals surface area contributed by atoms with Gasteiger partial charge in [-0.3, -0.25) is 4.55 Å². The van der Waals surface area contributed by atoms with Gasteiger partial charge in [0.1, 0.15) is 0 Å². The number of halogens is 3. The summed E-state index contributed by atoms with van der Waals surface area (Å²) in [5.74, 6) is 0. The highest BCUT2D eigenvalue weighted by Gasteiger charge is 2.44. The monoisotopic (exact) mass is 259 g/mol. The van der Waals surface area contributed by atoms with E-state index >= 15 is 0 Å². The van der Waals surface area contributed by atoms with Crippen molar-refractivity contribution in [3.63, 3.8) is 0 Å². The molecule has 0 aromatic heterocycles. The minimum Gasteiger partial charge on any atom is -0.374 e. The predicted molar refractivity (Wildman–Crippen MR) is 53.1 cm³/mol. The number of hydrogen-bond acceptors (Lipinski definition) is 3. The molecule has 0 unspecified atom stereocenters. The lowest BCUT2D eigenvalue weighted by Crippen LogP contribution is -2.21. The molecule has 16 heavy (non-hydrogen) atoms. The molecule has 1 aliphatic heterocycles. The van der Waals surface area contributed by atoms with Gasteiger partial charge in [-0.2, -0.15) is 21.6 Å². The number of hydrogen-bond donors (Lipinski definition) is 1. The number of rotatable bonds is 1. The minimum atomic E-state index is -5.84. The van der Waals surface area contributed by atoms with Gasteiger partial charge in [-0.25, -0.2) is 0 Å². The SMILES string of the molecule is CCN1C=CC=CC1.O=S(=O)(O)C(F)(F)F. The fraction of sp³-hybridized carbons (Fsp3) is 0.500. The van der Waals surface area contributed by atoms with Gasteiger partial charge in [-0.1, -0.05) is 12.2 Å². The fourth-order valence-corrected chi connectivity index (χ4v) is 0.742. The normalized spacial score (nSPS) is 15.7. The summed E-state index contributed by atoms with van der Waals surface area (Å²) >= 11 is 0. The molecule has 0 aliphatic carbocycles. The van der Waals surface area contributed by atoms with Gasteiger partial charge in [0.15, 0.2) is 0 Å². The lowest BCUT2D eigenvalue weighted by Gasteiger charge is -2.16. The summed E-state index contributed by atoms with van der Waals surface area (Å²) in [6, 6.07) is 0. The van der Waals surface area contributed by atoms with E-state index in [9.17, 15) is 13.2 Å². The summed E-state index contributed by atoms with van der Waals surface area (Å²) in [4.78, 5) is 2.25. The summed E-state index contributed by atoms with van der Waals surface area (Å²) in [5, 5.41) is 0. The molecule has 0 radical (unpaired) electrons. The number of nitrogens with zero attached hydrogens (tertiary/aromatic N) is 1. The third kappa shape index (κ3) is 5.76. The Kier molecular flexibility index (Phi) is 5.52. The van der Waals surface area contributed by atoms with E-state index in [1.807, 2.05) is 0 Å². The molecule has 4 nitrogen and oxygen atoms in total. The van der Waals surface area contributed by atoms with Crippen molar-refractivity contribution >= 4 is 10.1 Å². The highest BCUT2D eigenvalue weighted by Crippen LogP contribution is 2.20. The number of alkyl halides is 3. The summed E-state index contributed by atoms with van der Waals surface area (Å²) in [5.41, 5.74) is -5.53. The first-order valence-corrected chi connectivity index (χ1v) is 5.73. The second-order valence-corrected chi connectivity index (χ2v) is 4.19. The third-order valence-electron chi connectivity index (χ3n) is 1.58. The van der Waals surface area contributed by atoms with E-state index in [4.69, 9.17) is 13.0 Å². The standard InChI is InChI=1S/C7H11N.CHF3O3S/c1-2-8-6-4-3-5-7-8;2-1(3,4)8(5,6)7/h3-6H,2,7H2,1H3;(H,5,6,7). The molecule has 8 heteroatoms. The van der Waals surface area contributed by atoms with Crippen LogP contribution in [-0.2, 0) is 10.1 Å². The number of likely N-dealkylation sites (N-methyl/N-ethyl adjacent to an activating group) is 1. The molecule has 0 bridgehead atoms. The van der Waals surface area contributed by atoms with E-state index < -0.39 is 15.6 Å². The lowest BCUT2D eigenvalue weighted by molar-refractivity contribution is -0.0510. The van der Waals surface area contributed by atoms with Gasteiger partial charge < -0.3 is 4.90 Å².